The molecule has 0 aromatic rings. The van der Waals surface area contributed by atoms with Crippen LogP contribution in [0.3, 0.4) is 0 Å². The molecule has 0 heterocycles. The zero-order valence-corrected chi connectivity index (χ0v) is 6.59. The van der Waals surface area contributed by atoms with Crippen molar-refractivity contribution in [3.63, 3.8) is 0 Å². The van der Waals surface area contributed by atoms with Crippen LogP contribution in [0.4, 0.5) is 0 Å². The van der Waals surface area contributed by atoms with E-state index < -0.39 is 0 Å². The summed E-state index contributed by atoms with van der Waals surface area (Å²) in [6, 6.07) is 0. The van der Waals surface area contributed by atoms with Crippen LogP contribution in [-0.2, 0) is 0 Å². The molecule has 1 heteroatoms. The largest absolute Gasteiger partial charge is 0.396 e. The SMILES string of the molecule is CC1C=CC(CCO)CC1. The van der Waals surface area contributed by atoms with Gasteiger partial charge in [-0.15, -0.1) is 0 Å². The Bertz CT molecular complexity index is 118. The molecule has 0 amide bonds. The molecule has 1 N–H and O–H groups in total. The fraction of sp³-hybridized carbons (Fsp3) is 0.778. The van der Waals surface area contributed by atoms with E-state index in [1.165, 1.54) is 12.8 Å². The third kappa shape index (κ3) is 2.14. The maximum atomic E-state index is 8.65. The van der Waals surface area contributed by atoms with Gasteiger partial charge in [0.1, 0.15) is 0 Å². The van der Waals surface area contributed by atoms with Crippen LogP contribution in [0.2, 0.25) is 0 Å². The van der Waals surface area contributed by atoms with Gasteiger partial charge < -0.3 is 5.11 Å². The Labute approximate surface area is 62.8 Å². The summed E-state index contributed by atoms with van der Waals surface area (Å²) < 4.78 is 0. The van der Waals surface area contributed by atoms with E-state index in [-0.39, 0.29) is 0 Å². The summed E-state index contributed by atoms with van der Waals surface area (Å²) in [7, 11) is 0. The van der Waals surface area contributed by atoms with Gasteiger partial charge in [0.2, 0.25) is 0 Å². The highest BCUT2D eigenvalue weighted by atomic mass is 16.3. The zero-order valence-electron chi connectivity index (χ0n) is 6.59. The lowest BCUT2D eigenvalue weighted by Crippen LogP contribution is -2.07. The quantitative estimate of drug-likeness (QED) is 0.581. The van der Waals surface area contributed by atoms with Crippen molar-refractivity contribution in [2.24, 2.45) is 11.8 Å². The Morgan fingerprint density at radius 1 is 1.40 bits per heavy atom. The number of hydrogen-bond donors (Lipinski definition) is 1. The molecule has 0 saturated carbocycles. The Kier molecular flexibility index (Phi) is 2.94. The summed E-state index contributed by atoms with van der Waals surface area (Å²) in [6.45, 7) is 2.58. The van der Waals surface area contributed by atoms with Crippen LogP contribution >= 0.6 is 0 Å². The van der Waals surface area contributed by atoms with Crippen molar-refractivity contribution in [2.75, 3.05) is 6.61 Å². The van der Waals surface area contributed by atoms with Crippen LogP contribution < -0.4 is 0 Å². The number of rotatable bonds is 2. The van der Waals surface area contributed by atoms with Gasteiger partial charge in [-0.25, -0.2) is 0 Å². The highest BCUT2D eigenvalue weighted by Gasteiger charge is 2.10. The molecule has 0 spiro atoms. The van der Waals surface area contributed by atoms with E-state index in [1.54, 1.807) is 0 Å². The maximum absolute atomic E-state index is 8.65. The van der Waals surface area contributed by atoms with Gasteiger partial charge in [0.25, 0.3) is 0 Å². The molecule has 1 aliphatic carbocycles. The van der Waals surface area contributed by atoms with Crippen molar-refractivity contribution < 1.29 is 5.11 Å². The van der Waals surface area contributed by atoms with Crippen LogP contribution in [0.25, 0.3) is 0 Å². The minimum absolute atomic E-state index is 0.337. The summed E-state index contributed by atoms with van der Waals surface area (Å²) in [5.41, 5.74) is 0. The molecular weight excluding hydrogens is 124 g/mol. The second-order valence-corrected chi connectivity index (χ2v) is 3.21. The summed E-state index contributed by atoms with van der Waals surface area (Å²) in [6.07, 6.45) is 8.02. The number of aliphatic hydroxyl groups excluding tert-OH is 1. The summed E-state index contributed by atoms with van der Waals surface area (Å²) in [4.78, 5) is 0. The van der Waals surface area contributed by atoms with Crippen LogP contribution in [-0.4, -0.2) is 11.7 Å². The lowest BCUT2D eigenvalue weighted by atomic mass is 9.88. The van der Waals surface area contributed by atoms with Gasteiger partial charge in [-0.3, -0.25) is 0 Å². The molecule has 0 aromatic carbocycles. The monoisotopic (exact) mass is 140 g/mol. The standard InChI is InChI=1S/C9H16O/c1-8-2-4-9(5-3-8)6-7-10/h2,4,8-10H,3,5-7H2,1H3. The molecule has 0 saturated heterocycles. The van der Waals surface area contributed by atoms with Gasteiger partial charge in [0.05, 0.1) is 0 Å². The lowest BCUT2D eigenvalue weighted by Gasteiger charge is -2.18. The molecule has 0 aliphatic heterocycles. The second-order valence-electron chi connectivity index (χ2n) is 3.21. The first-order chi connectivity index (χ1) is 4.83. The Morgan fingerprint density at radius 2 is 2.20 bits per heavy atom. The average molecular weight is 140 g/mol. The van der Waals surface area contributed by atoms with Gasteiger partial charge in [-0.2, -0.15) is 0 Å². The second kappa shape index (κ2) is 3.77. The molecule has 2 unspecified atom stereocenters. The van der Waals surface area contributed by atoms with Crippen LogP contribution in [0.5, 0.6) is 0 Å². The number of hydrogen-bond acceptors (Lipinski definition) is 1. The van der Waals surface area contributed by atoms with Crippen molar-refractivity contribution in [3.8, 4) is 0 Å². The molecule has 0 aromatic heterocycles. The molecule has 1 nitrogen and oxygen atoms in total. The third-order valence-electron chi connectivity index (χ3n) is 2.20. The Hall–Kier alpha value is -0.300. The van der Waals surface area contributed by atoms with Gasteiger partial charge in [-0.05, 0) is 31.1 Å². The molecule has 58 valence electrons. The topological polar surface area (TPSA) is 20.2 Å². The fourth-order valence-electron chi connectivity index (χ4n) is 1.42. The van der Waals surface area contributed by atoms with Crippen molar-refractivity contribution in [2.45, 2.75) is 26.2 Å². The van der Waals surface area contributed by atoms with E-state index in [9.17, 15) is 0 Å². The first-order valence-electron chi connectivity index (χ1n) is 4.12. The fourth-order valence-corrected chi connectivity index (χ4v) is 1.42. The highest BCUT2D eigenvalue weighted by molar-refractivity contribution is 4.96. The van der Waals surface area contributed by atoms with Crippen LogP contribution in [0.1, 0.15) is 26.2 Å². The molecule has 0 radical (unpaired) electrons. The van der Waals surface area contributed by atoms with Crippen LogP contribution in [0, 0.1) is 11.8 Å². The summed E-state index contributed by atoms with van der Waals surface area (Å²) in [5.74, 6) is 1.41. The predicted molar refractivity (Wildman–Crippen MR) is 42.7 cm³/mol. The van der Waals surface area contributed by atoms with E-state index in [2.05, 4.69) is 19.1 Å². The summed E-state index contributed by atoms with van der Waals surface area (Å²) in [5, 5.41) is 8.65. The molecule has 0 bridgehead atoms. The van der Waals surface area contributed by atoms with E-state index in [0.29, 0.717) is 12.5 Å². The van der Waals surface area contributed by atoms with E-state index >= 15 is 0 Å². The molecule has 10 heavy (non-hydrogen) atoms. The third-order valence-corrected chi connectivity index (χ3v) is 2.20. The first-order valence-corrected chi connectivity index (χ1v) is 4.12. The normalized spacial score (nSPS) is 32.6. The van der Waals surface area contributed by atoms with E-state index in [0.717, 1.165) is 12.3 Å². The minimum atomic E-state index is 0.337. The van der Waals surface area contributed by atoms with Crippen molar-refractivity contribution in [1.29, 1.82) is 0 Å². The van der Waals surface area contributed by atoms with Crippen molar-refractivity contribution in [3.05, 3.63) is 12.2 Å². The lowest BCUT2D eigenvalue weighted by molar-refractivity contribution is 0.261. The average Bonchev–Trinajstić information content (AvgIpc) is 1.95. The number of allylic oxidation sites excluding steroid dienone is 2. The predicted octanol–water partition coefficient (Wildman–Crippen LogP) is 1.97. The van der Waals surface area contributed by atoms with Gasteiger partial charge >= 0.3 is 0 Å². The molecular formula is C9H16O. The van der Waals surface area contributed by atoms with Gasteiger partial charge in [-0.1, -0.05) is 19.1 Å². The summed E-state index contributed by atoms with van der Waals surface area (Å²) >= 11 is 0. The molecule has 1 aliphatic rings. The van der Waals surface area contributed by atoms with Crippen LogP contribution in [0.15, 0.2) is 12.2 Å². The minimum Gasteiger partial charge on any atom is -0.396 e. The van der Waals surface area contributed by atoms with E-state index in [1.807, 2.05) is 0 Å². The molecule has 2 atom stereocenters. The van der Waals surface area contributed by atoms with Crippen molar-refractivity contribution in [1.82, 2.24) is 0 Å². The Morgan fingerprint density at radius 3 is 2.70 bits per heavy atom. The van der Waals surface area contributed by atoms with Gasteiger partial charge in [0, 0.05) is 6.61 Å². The smallest absolute Gasteiger partial charge is 0.0436 e. The Balaban J connectivity index is 2.30. The molecule has 0 fully saturated rings. The van der Waals surface area contributed by atoms with Crippen molar-refractivity contribution >= 4 is 0 Å². The zero-order chi connectivity index (χ0) is 7.40. The number of aliphatic hydroxyl groups is 1. The van der Waals surface area contributed by atoms with E-state index in [4.69, 9.17) is 5.11 Å². The highest BCUT2D eigenvalue weighted by Crippen LogP contribution is 2.23. The van der Waals surface area contributed by atoms with Gasteiger partial charge in [0.15, 0.2) is 0 Å². The molecule has 1 rings (SSSR count). The maximum Gasteiger partial charge on any atom is 0.0436 e. The first kappa shape index (κ1) is 7.80.